The van der Waals surface area contributed by atoms with Crippen LogP contribution < -0.4 is 4.74 Å². The van der Waals surface area contributed by atoms with E-state index >= 15 is 0 Å². The Hall–Kier alpha value is -3.06. The van der Waals surface area contributed by atoms with Gasteiger partial charge in [-0.1, -0.05) is 84.9 Å². The molecular weight excluding hydrogens is 316 g/mol. The predicted octanol–water partition coefficient (Wildman–Crippen LogP) is 6.50. The molecule has 5 rings (SSSR count). The van der Waals surface area contributed by atoms with Gasteiger partial charge < -0.3 is 4.74 Å². The van der Waals surface area contributed by atoms with Crippen molar-refractivity contribution >= 4 is 10.8 Å². The molecule has 1 heterocycles. The molecule has 0 aromatic heterocycles. The SMILES string of the molecule is CC1Cc2c(-c3ccccc3)c(-c3ccccc3)c3ccccc3c2O1. The van der Waals surface area contributed by atoms with Crippen LogP contribution in [0, 0.1) is 0 Å². The van der Waals surface area contributed by atoms with Crippen molar-refractivity contribution in [3.05, 3.63) is 90.5 Å². The van der Waals surface area contributed by atoms with E-state index in [2.05, 4.69) is 91.9 Å². The van der Waals surface area contributed by atoms with Gasteiger partial charge in [0.15, 0.2) is 0 Å². The van der Waals surface area contributed by atoms with E-state index in [0.717, 1.165) is 12.2 Å². The zero-order valence-corrected chi connectivity index (χ0v) is 14.8. The average Bonchev–Trinajstić information content (AvgIpc) is 3.09. The number of benzene rings is 4. The lowest BCUT2D eigenvalue weighted by molar-refractivity contribution is 0.257. The molecule has 0 amide bonds. The molecule has 26 heavy (non-hydrogen) atoms. The lowest BCUT2D eigenvalue weighted by Gasteiger charge is -2.18. The standard InChI is InChI=1S/C25H20O/c1-17-16-22-24(19-12-6-3-7-13-19)23(18-10-4-2-5-11-18)20-14-8-9-15-21(20)25(22)26-17/h2-15,17H,16H2,1H3. The second-order valence-corrected chi connectivity index (χ2v) is 6.97. The van der Waals surface area contributed by atoms with Gasteiger partial charge in [-0.3, -0.25) is 0 Å². The molecule has 0 bridgehead atoms. The van der Waals surface area contributed by atoms with Gasteiger partial charge in [0.2, 0.25) is 0 Å². The van der Waals surface area contributed by atoms with Gasteiger partial charge in [-0.05, 0) is 34.6 Å². The normalized spacial score (nSPS) is 15.7. The zero-order valence-electron chi connectivity index (χ0n) is 14.8. The van der Waals surface area contributed by atoms with Crippen molar-refractivity contribution < 1.29 is 4.74 Å². The highest BCUT2D eigenvalue weighted by Gasteiger charge is 2.28. The third kappa shape index (κ3) is 2.32. The van der Waals surface area contributed by atoms with E-state index < -0.39 is 0 Å². The Bertz CT molecular complexity index is 1080. The Morgan fingerprint density at radius 1 is 0.654 bits per heavy atom. The summed E-state index contributed by atoms with van der Waals surface area (Å²) in [6.45, 7) is 2.16. The van der Waals surface area contributed by atoms with Gasteiger partial charge in [-0.25, -0.2) is 0 Å². The quantitative estimate of drug-likeness (QED) is 0.406. The fraction of sp³-hybridized carbons (Fsp3) is 0.120. The highest BCUT2D eigenvalue weighted by Crippen LogP contribution is 2.49. The summed E-state index contributed by atoms with van der Waals surface area (Å²) in [5, 5.41) is 2.47. The second-order valence-electron chi connectivity index (χ2n) is 6.97. The van der Waals surface area contributed by atoms with Crippen LogP contribution in [0.4, 0.5) is 0 Å². The van der Waals surface area contributed by atoms with E-state index in [4.69, 9.17) is 4.74 Å². The number of hydrogen-bond donors (Lipinski definition) is 0. The number of rotatable bonds is 2. The van der Waals surface area contributed by atoms with Crippen LogP contribution in [0.2, 0.25) is 0 Å². The fourth-order valence-electron chi connectivity index (χ4n) is 4.15. The number of ether oxygens (including phenoxy) is 1. The number of fused-ring (bicyclic) bond motifs is 3. The summed E-state index contributed by atoms with van der Waals surface area (Å²) in [6, 6.07) is 30.1. The first-order valence-corrected chi connectivity index (χ1v) is 9.18. The van der Waals surface area contributed by atoms with E-state index in [1.165, 1.54) is 38.6 Å². The zero-order chi connectivity index (χ0) is 17.5. The molecule has 0 N–H and O–H groups in total. The predicted molar refractivity (Wildman–Crippen MR) is 109 cm³/mol. The van der Waals surface area contributed by atoms with Gasteiger partial charge in [-0.15, -0.1) is 0 Å². The van der Waals surface area contributed by atoms with E-state index in [9.17, 15) is 0 Å². The van der Waals surface area contributed by atoms with Crippen molar-refractivity contribution in [2.24, 2.45) is 0 Å². The smallest absolute Gasteiger partial charge is 0.131 e. The van der Waals surface area contributed by atoms with Crippen LogP contribution in [0.15, 0.2) is 84.9 Å². The van der Waals surface area contributed by atoms with Crippen molar-refractivity contribution in [2.45, 2.75) is 19.4 Å². The maximum Gasteiger partial charge on any atom is 0.131 e. The van der Waals surface area contributed by atoms with E-state index in [0.29, 0.717) is 0 Å². The fourth-order valence-corrected chi connectivity index (χ4v) is 4.15. The van der Waals surface area contributed by atoms with Gasteiger partial charge in [0.1, 0.15) is 11.9 Å². The minimum Gasteiger partial charge on any atom is -0.489 e. The molecule has 4 aromatic rings. The Morgan fingerprint density at radius 3 is 1.85 bits per heavy atom. The maximum atomic E-state index is 6.27. The molecule has 1 atom stereocenters. The van der Waals surface area contributed by atoms with Crippen molar-refractivity contribution in [1.29, 1.82) is 0 Å². The minimum absolute atomic E-state index is 0.210. The summed E-state index contributed by atoms with van der Waals surface area (Å²) in [6.07, 6.45) is 1.16. The van der Waals surface area contributed by atoms with Crippen molar-refractivity contribution in [2.75, 3.05) is 0 Å². The molecule has 1 heteroatoms. The average molecular weight is 336 g/mol. The molecule has 1 aliphatic rings. The molecule has 0 spiro atoms. The number of hydrogen-bond acceptors (Lipinski definition) is 1. The van der Waals surface area contributed by atoms with E-state index in [1.54, 1.807) is 0 Å². The summed E-state index contributed by atoms with van der Waals surface area (Å²) in [5.74, 6) is 1.06. The van der Waals surface area contributed by atoms with Crippen LogP contribution >= 0.6 is 0 Å². The van der Waals surface area contributed by atoms with Crippen LogP contribution in [0.1, 0.15) is 12.5 Å². The summed E-state index contributed by atoms with van der Waals surface area (Å²) in [5.41, 5.74) is 6.47. The van der Waals surface area contributed by atoms with Crippen LogP contribution in [0.25, 0.3) is 33.0 Å². The van der Waals surface area contributed by atoms with Crippen LogP contribution in [0.5, 0.6) is 5.75 Å². The highest BCUT2D eigenvalue weighted by molar-refractivity contribution is 6.09. The monoisotopic (exact) mass is 336 g/mol. The van der Waals surface area contributed by atoms with E-state index in [-0.39, 0.29) is 6.10 Å². The van der Waals surface area contributed by atoms with Gasteiger partial charge in [0.05, 0.1) is 0 Å². The molecule has 0 aliphatic carbocycles. The van der Waals surface area contributed by atoms with Gasteiger partial charge in [0, 0.05) is 17.4 Å². The Labute approximate surface area is 153 Å². The molecule has 0 radical (unpaired) electrons. The third-order valence-corrected chi connectivity index (χ3v) is 5.20. The molecule has 4 aromatic carbocycles. The van der Waals surface area contributed by atoms with Gasteiger partial charge in [-0.2, -0.15) is 0 Å². The Balaban J connectivity index is 1.97. The molecule has 126 valence electrons. The first kappa shape index (κ1) is 15.2. The van der Waals surface area contributed by atoms with Crippen molar-refractivity contribution in [1.82, 2.24) is 0 Å². The molecule has 1 unspecified atom stereocenters. The molecule has 0 saturated heterocycles. The summed E-state index contributed by atoms with van der Waals surface area (Å²) >= 11 is 0. The molecule has 0 fully saturated rings. The molecule has 1 aliphatic heterocycles. The largest absolute Gasteiger partial charge is 0.489 e. The summed E-state index contributed by atoms with van der Waals surface area (Å²) in [4.78, 5) is 0. The van der Waals surface area contributed by atoms with Gasteiger partial charge in [0.25, 0.3) is 0 Å². The summed E-state index contributed by atoms with van der Waals surface area (Å²) < 4.78 is 6.27. The van der Waals surface area contributed by atoms with Crippen molar-refractivity contribution in [3.63, 3.8) is 0 Å². The molecule has 0 saturated carbocycles. The minimum atomic E-state index is 0.210. The molecular formula is C25H20O. The summed E-state index contributed by atoms with van der Waals surface area (Å²) in [7, 11) is 0. The third-order valence-electron chi connectivity index (χ3n) is 5.20. The first-order valence-electron chi connectivity index (χ1n) is 9.18. The second kappa shape index (κ2) is 6.03. The Morgan fingerprint density at radius 2 is 1.19 bits per heavy atom. The van der Waals surface area contributed by atoms with E-state index in [1.807, 2.05) is 0 Å². The van der Waals surface area contributed by atoms with Crippen LogP contribution in [-0.2, 0) is 6.42 Å². The Kier molecular flexibility index (Phi) is 3.53. The van der Waals surface area contributed by atoms with Gasteiger partial charge >= 0.3 is 0 Å². The van der Waals surface area contributed by atoms with Crippen LogP contribution in [0.3, 0.4) is 0 Å². The highest BCUT2D eigenvalue weighted by atomic mass is 16.5. The molecule has 1 nitrogen and oxygen atoms in total. The first-order chi connectivity index (χ1) is 12.8. The lowest BCUT2D eigenvalue weighted by atomic mass is 9.85. The van der Waals surface area contributed by atoms with Crippen molar-refractivity contribution in [3.8, 4) is 28.0 Å². The maximum absolute atomic E-state index is 6.27. The lowest BCUT2D eigenvalue weighted by Crippen LogP contribution is -2.05. The van der Waals surface area contributed by atoms with Crippen LogP contribution in [-0.4, -0.2) is 6.10 Å². The topological polar surface area (TPSA) is 9.23 Å².